The summed E-state index contributed by atoms with van der Waals surface area (Å²) in [6, 6.07) is 10.3. The molecular formula is C20H31N. The Hall–Kier alpha value is -0.820. The zero-order valence-corrected chi connectivity index (χ0v) is 14.1. The van der Waals surface area contributed by atoms with Crippen molar-refractivity contribution in [1.82, 2.24) is 5.32 Å². The van der Waals surface area contributed by atoms with Gasteiger partial charge in [-0.15, -0.1) is 0 Å². The van der Waals surface area contributed by atoms with Crippen LogP contribution >= 0.6 is 0 Å². The predicted octanol–water partition coefficient (Wildman–Crippen LogP) is 5.29. The molecule has 0 saturated heterocycles. The normalized spacial score (nSPS) is 30.8. The van der Waals surface area contributed by atoms with E-state index in [-0.39, 0.29) is 0 Å². The molecule has 2 fully saturated rings. The molecule has 1 nitrogen and oxygen atoms in total. The Bertz CT molecular complexity index is 461. The monoisotopic (exact) mass is 285 g/mol. The third kappa shape index (κ3) is 3.18. The van der Waals surface area contributed by atoms with Crippen LogP contribution < -0.4 is 5.32 Å². The van der Waals surface area contributed by atoms with E-state index in [9.17, 15) is 0 Å². The van der Waals surface area contributed by atoms with Gasteiger partial charge in [0.25, 0.3) is 0 Å². The van der Waals surface area contributed by atoms with Crippen molar-refractivity contribution in [3.8, 4) is 0 Å². The van der Waals surface area contributed by atoms with E-state index in [2.05, 4.69) is 57.3 Å². The van der Waals surface area contributed by atoms with E-state index in [4.69, 9.17) is 0 Å². The van der Waals surface area contributed by atoms with Gasteiger partial charge in [-0.05, 0) is 67.9 Å². The van der Waals surface area contributed by atoms with Crippen LogP contribution in [0, 0.1) is 17.8 Å². The Morgan fingerprint density at radius 1 is 0.905 bits per heavy atom. The van der Waals surface area contributed by atoms with E-state index in [1.165, 1.54) is 36.8 Å². The molecular weight excluding hydrogens is 254 g/mol. The molecule has 21 heavy (non-hydrogen) atoms. The van der Waals surface area contributed by atoms with Gasteiger partial charge in [0.2, 0.25) is 0 Å². The molecule has 0 spiro atoms. The molecule has 1 heteroatoms. The lowest BCUT2D eigenvalue weighted by atomic mass is 9.83. The highest BCUT2D eigenvalue weighted by Gasteiger charge is 2.41. The maximum Gasteiger partial charge on any atom is 0.0294 e. The first-order chi connectivity index (χ1) is 10.0. The fourth-order valence-electron chi connectivity index (χ4n) is 4.69. The molecule has 3 rings (SSSR count). The first kappa shape index (κ1) is 15.1. The second-order valence-corrected chi connectivity index (χ2v) is 7.84. The van der Waals surface area contributed by atoms with Gasteiger partial charge in [-0.25, -0.2) is 0 Å². The van der Waals surface area contributed by atoms with Crippen molar-refractivity contribution >= 4 is 0 Å². The summed E-state index contributed by atoms with van der Waals surface area (Å²) in [6.07, 6.45) is 5.96. The molecule has 5 atom stereocenters. The van der Waals surface area contributed by atoms with Crippen LogP contribution in [0.15, 0.2) is 24.3 Å². The summed E-state index contributed by atoms with van der Waals surface area (Å²) in [5.41, 5.74) is 2.86. The predicted molar refractivity (Wildman–Crippen MR) is 90.5 cm³/mol. The van der Waals surface area contributed by atoms with Crippen LogP contribution in [0.1, 0.15) is 76.5 Å². The molecule has 0 heterocycles. The molecule has 1 aromatic carbocycles. The topological polar surface area (TPSA) is 12.0 Å². The number of rotatable bonds is 5. The van der Waals surface area contributed by atoms with Gasteiger partial charge in [0, 0.05) is 12.1 Å². The Morgan fingerprint density at radius 3 is 2.10 bits per heavy atom. The molecule has 1 aromatic rings. The summed E-state index contributed by atoms with van der Waals surface area (Å²) in [7, 11) is 0. The smallest absolute Gasteiger partial charge is 0.0294 e. The highest BCUT2D eigenvalue weighted by Crippen LogP contribution is 2.49. The van der Waals surface area contributed by atoms with Crippen molar-refractivity contribution < 1.29 is 0 Å². The summed E-state index contributed by atoms with van der Waals surface area (Å²) in [5.74, 6) is 3.59. The van der Waals surface area contributed by atoms with Gasteiger partial charge in [-0.3, -0.25) is 0 Å². The lowest BCUT2D eigenvalue weighted by Crippen LogP contribution is -2.37. The summed E-state index contributed by atoms with van der Waals surface area (Å²) in [6.45, 7) is 9.24. The van der Waals surface area contributed by atoms with E-state index in [1.807, 2.05) is 0 Å². The minimum absolute atomic E-state index is 0.459. The van der Waals surface area contributed by atoms with Gasteiger partial charge in [-0.1, -0.05) is 44.5 Å². The SMILES string of the molecule is CC(C)c1ccc(C(C)NC(C)C2CC3CCC2C3)cc1. The van der Waals surface area contributed by atoms with Crippen molar-refractivity contribution in [2.45, 2.75) is 71.4 Å². The zero-order valence-electron chi connectivity index (χ0n) is 14.1. The maximum absolute atomic E-state index is 3.87. The third-order valence-corrected chi connectivity index (χ3v) is 6.05. The minimum Gasteiger partial charge on any atom is -0.307 e. The van der Waals surface area contributed by atoms with Crippen LogP contribution in [0.2, 0.25) is 0 Å². The second kappa shape index (κ2) is 6.12. The fraction of sp³-hybridized carbons (Fsp3) is 0.700. The Balaban J connectivity index is 1.59. The first-order valence-electron chi connectivity index (χ1n) is 8.90. The lowest BCUT2D eigenvalue weighted by Gasteiger charge is -2.31. The second-order valence-electron chi connectivity index (χ2n) is 7.84. The van der Waals surface area contributed by atoms with Gasteiger partial charge in [0.1, 0.15) is 0 Å². The molecule has 5 unspecified atom stereocenters. The molecule has 0 radical (unpaired) electrons. The average molecular weight is 285 g/mol. The van der Waals surface area contributed by atoms with Gasteiger partial charge in [-0.2, -0.15) is 0 Å². The van der Waals surface area contributed by atoms with Crippen LogP contribution in [-0.2, 0) is 0 Å². The summed E-state index contributed by atoms with van der Waals surface area (Å²) in [4.78, 5) is 0. The van der Waals surface area contributed by atoms with Crippen molar-refractivity contribution in [2.75, 3.05) is 0 Å². The Labute approximate surface area is 130 Å². The molecule has 0 aromatic heterocycles. The van der Waals surface area contributed by atoms with Gasteiger partial charge < -0.3 is 5.32 Å². The van der Waals surface area contributed by atoms with Gasteiger partial charge >= 0.3 is 0 Å². The molecule has 0 amide bonds. The number of hydrogen-bond donors (Lipinski definition) is 1. The van der Waals surface area contributed by atoms with Crippen LogP contribution in [0.25, 0.3) is 0 Å². The highest BCUT2D eigenvalue weighted by molar-refractivity contribution is 5.26. The molecule has 2 aliphatic carbocycles. The van der Waals surface area contributed by atoms with Crippen LogP contribution in [0.3, 0.4) is 0 Å². The number of hydrogen-bond acceptors (Lipinski definition) is 1. The Morgan fingerprint density at radius 2 is 1.57 bits per heavy atom. The maximum atomic E-state index is 3.87. The van der Waals surface area contributed by atoms with Crippen molar-refractivity contribution in [3.05, 3.63) is 35.4 Å². The molecule has 2 aliphatic rings. The van der Waals surface area contributed by atoms with Crippen LogP contribution in [0.4, 0.5) is 0 Å². The van der Waals surface area contributed by atoms with Gasteiger partial charge in [0.15, 0.2) is 0 Å². The molecule has 2 saturated carbocycles. The standard InChI is InChI=1S/C20H31N/c1-13(2)17-7-9-18(10-8-17)14(3)21-15(4)20-12-16-5-6-19(20)11-16/h7-10,13-16,19-21H,5-6,11-12H2,1-4H3. The minimum atomic E-state index is 0.459. The summed E-state index contributed by atoms with van der Waals surface area (Å²) in [5, 5.41) is 3.87. The first-order valence-corrected chi connectivity index (χ1v) is 8.90. The van der Waals surface area contributed by atoms with E-state index in [1.54, 1.807) is 0 Å². The third-order valence-electron chi connectivity index (χ3n) is 6.05. The van der Waals surface area contributed by atoms with Crippen molar-refractivity contribution in [3.63, 3.8) is 0 Å². The molecule has 2 bridgehead atoms. The van der Waals surface area contributed by atoms with Crippen molar-refractivity contribution in [1.29, 1.82) is 0 Å². The lowest BCUT2D eigenvalue weighted by molar-refractivity contribution is 0.248. The molecule has 1 N–H and O–H groups in total. The van der Waals surface area contributed by atoms with Crippen molar-refractivity contribution in [2.24, 2.45) is 17.8 Å². The average Bonchev–Trinajstić information content (AvgIpc) is 3.10. The van der Waals surface area contributed by atoms with Gasteiger partial charge in [0.05, 0.1) is 0 Å². The summed E-state index contributed by atoms with van der Waals surface area (Å²) < 4.78 is 0. The van der Waals surface area contributed by atoms with Crippen LogP contribution in [-0.4, -0.2) is 6.04 Å². The van der Waals surface area contributed by atoms with E-state index in [0.717, 1.165) is 17.8 Å². The van der Waals surface area contributed by atoms with E-state index >= 15 is 0 Å². The zero-order chi connectivity index (χ0) is 15.0. The number of nitrogens with one attached hydrogen (secondary N) is 1. The fourth-order valence-corrected chi connectivity index (χ4v) is 4.69. The Kier molecular flexibility index (Phi) is 4.40. The number of benzene rings is 1. The molecule has 116 valence electrons. The highest BCUT2D eigenvalue weighted by atomic mass is 14.9. The molecule has 0 aliphatic heterocycles. The van der Waals surface area contributed by atoms with E-state index in [0.29, 0.717) is 18.0 Å². The number of fused-ring (bicyclic) bond motifs is 2. The van der Waals surface area contributed by atoms with Crippen LogP contribution in [0.5, 0.6) is 0 Å². The largest absolute Gasteiger partial charge is 0.307 e. The van der Waals surface area contributed by atoms with E-state index < -0.39 is 0 Å². The quantitative estimate of drug-likeness (QED) is 0.775. The summed E-state index contributed by atoms with van der Waals surface area (Å²) >= 11 is 0.